The van der Waals surface area contributed by atoms with Crippen molar-refractivity contribution < 1.29 is 4.79 Å². The van der Waals surface area contributed by atoms with E-state index in [2.05, 4.69) is 5.32 Å². The van der Waals surface area contributed by atoms with Gasteiger partial charge in [-0.15, -0.1) is 11.8 Å². The minimum absolute atomic E-state index is 0.125. The van der Waals surface area contributed by atoms with Crippen LogP contribution in [0.25, 0.3) is 0 Å². The fourth-order valence-electron chi connectivity index (χ4n) is 1.58. The Kier molecular flexibility index (Phi) is 5.39. The van der Waals surface area contributed by atoms with Crippen molar-refractivity contribution in [3.8, 4) is 0 Å². The predicted molar refractivity (Wildman–Crippen MR) is 70.9 cm³/mol. The molecule has 1 rings (SSSR count). The highest BCUT2D eigenvalue weighted by molar-refractivity contribution is 7.98. The zero-order valence-corrected chi connectivity index (χ0v) is 10.9. The summed E-state index contributed by atoms with van der Waals surface area (Å²) >= 11 is 1.70. The van der Waals surface area contributed by atoms with E-state index in [9.17, 15) is 4.79 Å². The molecule has 0 aliphatic carbocycles. The number of carbonyl (C=O) groups excluding carboxylic acids is 1. The van der Waals surface area contributed by atoms with Crippen LogP contribution in [0.4, 0.5) is 5.69 Å². The van der Waals surface area contributed by atoms with Crippen molar-refractivity contribution in [2.24, 2.45) is 5.92 Å². The first-order valence-electron chi connectivity index (χ1n) is 5.66. The summed E-state index contributed by atoms with van der Waals surface area (Å²) in [4.78, 5) is 13.0. The van der Waals surface area contributed by atoms with Crippen molar-refractivity contribution in [1.82, 2.24) is 0 Å². The Bertz CT molecular complexity index is 330. The monoisotopic (exact) mass is 237 g/mol. The third-order valence-corrected chi connectivity index (χ3v) is 3.46. The molecule has 0 bridgehead atoms. The van der Waals surface area contributed by atoms with E-state index in [1.54, 1.807) is 11.8 Å². The van der Waals surface area contributed by atoms with Crippen molar-refractivity contribution in [1.29, 1.82) is 0 Å². The molecule has 0 aliphatic heterocycles. The highest BCUT2D eigenvalue weighted by atomic mass is 32.2. The van der Waals surface area contributed by atoms with Gasteiger partial charge < -0.3 is 5.32 Å². The molecule has 88 valence electrons. The second-order valence-electron chi connectivity index (χ2n) is 3.73. The molecule has 1 N–H and O–H groups in total. The smallest absolute Gasteiger partial charge is 0.227 e. The molecule has 1 amide bonds. The van der Waals surface area contributed by atoms with E-state index in [1.807, 2.05) is 44.4 Å². The molecule has 0 aliphatic rings. The normalized spacial score (nSPS) is 10.5. The summed E-state index contributed by atoms with van der Waals surface area (Å²) < 4.78 is 0. The van der Waals surface area contributed by atoms with Gasteiger partial charge in [0.2, 0.25) is 5.91 Å². The van der Waals surface area contributed by atoms with Crippen LogP contribution in [0.2, 0.25) is 0 Å². The maximum absolute atomic E-state index is 11.8. The Balaban J connectivity index is 2.62. The van der Waals surface area contributed by atoms with Gasteiger partial charge in [0.25, 0.3) is 0 Å². The van der Waals surface area contributed by atoms with Crippen molar-refractivity contribution >= 4 is 23.4 Å². The summed E-state index contributed by atoms with van der Waals surface area (Å²) in [6.45, 7) is 4.09. The van der Waals surface area contributed by atoms with Crippen LogP contribution in [0.15, 0.2) is 29.2 Å². The molecule has 3 heteroatoms. The molecule has 0 heterocycles. The molecule has 0 saturated carbocycles. The third kappa shape index (κ3) is 3.56. The topological polar surface area (TPSA) is 29.1 Å². The zero-order valence-electron chi connectivity index (χ0n) is 10.1. The molecular formula is C13H19NOS. The Morgan fingerprint density at radius 2 is 1.81 bits per heavy atom. The number of anilines is 1. The molecule has 0 aromatic heterocycles. The molecule has 2 nitrogen and oxygen atoms in total. The number of nitrogens with one attached hydrogen (secondary N) is 1. The van der Waals surface area contributed by atoms with Gasteiger partial charge in [0.1, 0.15) is 0 Å². The second-order valence-corrected chi connectivity index (χ2v) is 4.61. The molecule has 0 radical (unpaired) electrons. The molecule has 0 spiro atoms. The summed E-state index contributed by atoms with van der Waals surface area (Å²) in [5.74, 6) is 0.252. The summed E-state index contributed by atoms with van der Waals surface area (Å²) in [5, 5.41) is 2.95. The van der Waals surface area contributed by atoms with Crippen LogP contribution in [-0.4, -0.2) is 12.2 Å². The lowest BCUT2D eigenvalue weighted by atomic mass is 10.0. The maximum Gasteiger partial charge on any atom is 0.227 e. The molecule has 0 unspecified atom stereocenters. The van der Waals surface area contributed by atoms with Crippen LogP contribution in [0.3, 0.4) is 0 Å². The van der Waals surface area contributed by atoms with E-state index < -0.39 is 0 Å². The van der Waals surface area contributed by atoms with Gasteiger partial charge in [-0.1, -0.05) is 13.8 Å². The molecular weight excluding hydrogens is 218 g/mol. The van der Waals surface area contributed by atoms with Gasteiger partial charge in [0.15, 0.2) is 0 Å². The van der Waals surface area contributed by atoms with E-state index in [0.717, 1.165) is 18.5 Å². The number of thioether (sulfide) groups is 1. The second kappa shape index (κ2) is 6.59. The summed E-state index contributed by atoms with van der Waals surface area (Å²) in [7, 11) is 0. The minimum Gasteiger partial charge on any atom is -0.326 e. The lowest BCUT2D eigenvalue weighted by Gasteiger charge is -2.12. The highest BCUT2D eigenvalue weighted by Crippen LogP contribution is 2.18. The van der Waals surface area contributed by atoms with E-state index in [4.69, 9.17) is 0 Å². The Morgan fingerprint density at radius 1 is 1.25 bits per heavy atom. The fraction of sp³-hybridized carbons (Fsp3) is 0.462. The van der Waals surface area contributed by atoms with E-state index in [-0.39, 0.29) is 11.8 Å². The van der Waals surface area contributed by atoms with Gasteiger partial charge >= 0.3 is 0 Å². The highest BCUT2D eigenvalue weighted by Gasteiger charge is 2.13. The molecule has 0 fully saturated rings. The quantitative estimate of drug-likeness (QED) is 0.790. The SMILES string of the molecule is CCC(CC)C(=O)Nc1ccc(SC)cc1. The molecule has 1 aromatic rings. The van der Waals surface area contributed by atoms with E-state index >= 15 is 0 Å². The first-order valence-corrected chi connectivity index (χ1v) is 6.88. The first-order chi connectivity index (χ1) is 7.71. The number of rotatable bonds is 5. The average molecular weight is 237 g/mol. The summed E-state index contributed by atoms with van der Waals surface area (Å²) in [6.07, 6.45) is 3.83. The van der Waals surface area contributed by atoms with Crippen LogP contribution in [0, 0.1) is 5.92 Å². The Hall–Kier alpha value is -0.960. The largest absolute Gasteiger partial charge is 0.326 e. The van der Waals surface area contributed by atoms with Gasteiger partial charge in [0, 0.05) is 16.5 Å². The van der Waals surface area contributed by atoms with Crippen molar-refractivity contribution in [3.05, 3.63) is 24.3 Å². The van der Waals surface area contributed by atoms with Gasteiger partial charge in [-0.05, 0) is 43.4 Å². The zero-order chi connectivity index (χ0) is 12.0. The fourth-order valence-corrected chi connectivity index (χ4v) is 1.99. The van der Waals surface area contributed by atoms with Crippen LogP contribution in [-0.2, 0) is 4.79 Å². The van der Waals surface area contributed by atoms with Crippen LogP contribution in [0.5, 0.6) is 0 Å². The van der Waals surface area contributed by atoms with Crippen LogP contribution >= 0.6 is 11.8 Å². The lowest BCUT2D eigenvalue weighted by molar-refractivity contribution is -0.120. The van der Waals surface area contributed by atoms with Gasteiger partial charge in [0.05, 0.1) is 0 Å². The standard InChI is InChI=1S/C13H19NOS/c1-4-10(5-2)13(15)14-11-6-8-12(16-3)9-7-11/h6-10H,4-5H2,1-3H3,(H,14,15). The molecule has 1 aromatic carbocycles. The van der Waals surface area contributed by atoms with Crippen molar-refractivity contribution in [3.63, 3.8) is 0 Å². The van der Waals surface area contributed by atoms with Gasteiger partial charge in [-0.3, -0.25) is 4.79 Å². The predicted octanol–water partition coefficient (Wildman–Crippen LogP) is 3.78. The molecule has 16 heavy (non-hydrogen) atoms. The Morgan fingerprint density at radius 3 is 2.25 bits per heavy atom. The number of carbonyl (C=O) groups is 1. The number of benzene rings is 1. The van der Waals surface area contributed by atoms with Crippen molar-refractivity contribution in [2.75, 3.05) is 11.6 Å². The maximum atomic E-state index is 11.8. The van der Waals surface area contributed by atoms with Crippen LogP contribution < -0.4 is 5.32 Å². The summed E-state index contributed by atoms with van der Waals surface area (Å²) in [5.41, 5.74) is 0.884. The lowest BCUT2D eigenvalue weighted by Crippen LogP contribution is -2.21. The number of hydrogen-bond donors (Lipinski definition) is 1. The van der Waals surface area contributed by atoms with Crippen molar-refractivity contribution in [2.45, 2.75) is 31.6 Å². The number of amides is 1. The van der Waals surface area contributed by atoms with Crippen LogP contribution in [0.1, 0.15) is 26.7 Å². The van der Waals surface area contributed by atoms with E-state index in [0.29, 0.717) is 0 Å². The first kappa shape index (κ1) is 13.1. The molecule has 0 saturated heterocycles. The van der Waals surface area contributed by atoms with Gasteiger partial charge in [-0.25, -0.2) is 0 Å². The average Bonchev–Trinajstić information content (AvgIpc) is 2.31. The number of hydrogen-bond acceptors (Lipinski definition) is 2. The van der Waals surface area contributed by atoms with Gasteiger partial charge in [-0.2, -0.15) is 0 Å². The summed E-state index contributed by atoms with van der Waals surface area (Å²) in [6, 6.07) is 7.94. The minimum atomic E-state index is 0.125. The Labute approximate surface area is 102 Å². The third-order valence-electron chi connectivity index (χ3n) is 2.71. The van der Waals surface area contributed by atoms with E-state index in [1.165, 1.54) is 4.90 Å². The molecule has 0 atom stereocenters.